The highest BCUT2D eigenvalue weighted by molar-refractivity contribution is 9.10. The molecule has 1 aromatic carbocycles. The van der Waals surface area contributed by atoms with Crippen LogP contribution in [0.2, 0.25) is 5.02 Å². The smallest absolute Gasteiger partial charge is 0.223 e. The molecular formula is C12H12BrCl2NO. The highest BCUT2D eigenvalue weighted by Crippen LogP contribution is 2.26. The molecule has 0 aliphatic carbocycles. The van der Waals surface area contributed by atoms with Crippen molar-refractivity contribution < 1.29 is 4.79 Å². The van der Waals surface area contributed by atoms with Gasteiger partial charge in [0, 0.05) is 29.9 Å². The zero-order chi connectivity index (χ0) is 12.4. The standard InChI is InChI=1S/C12H12BrCl2NO/c13-10-2-1-8(3-11(10)15)6-16-7-9(5-14)4-12(16)17/h1-3,9H,4-7H2. The van der Waals surface area contributed by atoms with Gasteiger partial charge in [-0.2, -0.15) is 0 Å². The van der Waals surface area contributed by atoms with Gasteiger partial charge in [0.2, 0.25) is 5.91 Å². The summed E-state index contributed by atoms with van der Waals surface area (Å²) in [5.41, 5.74) is 1.04. The topological polar surface area (TPSA) is 20.3 Å². The van der Waals surface area contributed by atoms with Crippen LogP contribution in [0.15, 0.2) is 22.7 Å². The fourth-order valence-corrected chi connectivity index (χ4v) is 2.63. The van der Waals surface area contributed by atoms with E-state index in [1.165, 1.54) is 0 Å². The second kappa shape index (κ2) is 5.59. The van der Waals surface area contributed by atoms with Gasteiger partial charge in [0.1, 0.15) is 0 Å². The highest BCUT2D eigenvalue weighted by atomic mass is 79.9. The molecule has 0 spiro atoms. The zero-order valence-electron chi connectivity index (χ0n) is 9.13. The summed E-state index contributed by atoms with van der Waals surface area (Å²) in [5.74, 6) is 1.01. The first-order valence-electron chi connectivity index (χ1n) is 5.38. The van der Waals surface area contributed by atoms with Crippen molar-refractivity contribution in [3.8, 4) is 0 Å². The minimum atomic E-state index is 0.176. The van der Waals surface area contributed by atoms with Gasteiger partial charge < -0.3 is 4.90 Å². The van der Waals surface area contributed by atoms with E-state index in [-0.39, 0.29) is 11.8 Å². The quantitative estimate of drug-likeness (QED) is 0.771. The Labute approximate surface area is 119 Å². The number of rotatable bonds is 3. The molecule has 2 rings (SSSR count). The molecule has 1 unspecified atom stereocenters. The Hall–Kier alpha value is -0.250. The Morgan fingerprint density at radius 2 is 2.24 bits per heavy atom. The third kappa shape index (κ3) is 3.15. The van der Waals surface area contributed by atoms with Crippen molar-refractivity contribution in [1.82, 2.24) is 4.90 Å². The van der Waals surface area contributed by atoms with Crippen LogP contribution >= 0.6 is 39.1 Å². The fourth-order valence-electron chi connectivity index (χ4n) is 1.97. The Bertz CT molecular complexity index is 439. The van der Waals surface area contributed by atoms with Crippen LogP contribution in [0, 0.1) is 5.92 Å². The van der Waals surface area contributed by atoms with Crippen molar-refractivity contribution in [2.75, 3.05) is 12.4 Å². The molecule has 1 atom stereocenters. The average molecular weight is 337 g/mol. The first-order valence-corrected chi connectivity index (χ1v) is 7.08. The number of amides is 1. The minimum Gasteiger partial charge on any atom is -0.338 e. The first kappa shape index (κ1) is 13.2. The Morgan fingerprint density at radius 1 is 1.47 bits per heavy atom. The SMILES string of the molecule is O=C1CC(CCl)CN1Cc1ccc(Br)c(Cl)c1. The van der Waals surface area contributed by atoms with Gasteiger partial charge in [-0.15, -0.1) is 11.6 Å². The lowest BCUT2D eigenvalue weighted by Gasteiger charge is -2.16. The van der Waals surface area contributed by atoms with Gasteiger partial charge in [0.25, 0.3) is 0 Å². The van der Waals surface area contributed by atoms with E-state index < -0.39 is 0 Å². The number of carbonyl (C=O) groups is 1. The van der Waals surface area contributed by atoms with Crippen LogP contribution in [0.5, 0.6) is 0 Å². The van der Waals surface area contributed by atoms with E-state index in [0.717, 1.165) is 16.6 Å². The van der Waals surface area contributed by atoms with Gasteiger partial charge in [-0.25, -0.2) is 0 Å². The number of carbonyl (C=O) groups excluding carboxylic acids is 1. The lowest BCUT2D eigenvalue weighted by Crippen LogP contribution is -2.24. The predicted molar refractivity (Wildman–Crippen MR) is 73.4 cm³/mol. The fraction of sp³-hybridized carbons (Fsp3) is 0.417. The number of halogens is 3. The van der Waals surface area contributed by atoms with Crippen molar-refractivity contribution in [2.24, 2.45) is 5.92 Å². The van der Waals surface area contributed by atoms with E-state index in [4.69, 9.17) is 23.2 Å². The number of likely N-dealkylation sites (tertiary alicyclic amines) is 1. The van der Waals surface area contributed by atoms with E-state index in [2.05, 4.69) is 15.9 Å². The summed E-state index contributed by atoms with van der Waals surface area (Å²) in [6.45, 7) is 1.36. The molecule has 0 aromatic heterocycles. The summed E-state index contributed by atoms with van der Waals surface area (Å²) in [7, 11) is 0. The van der Waals surface area contributed by atoms with E-state index in [9.17, 15) is 4.79 Å². The largest absolute Gasteiger partial charge is 0.338 e. The number of hydrogen-bond acceptors (Lipinski definition) is 1. The second-order valence-corrected chi connectivity index (χ2v) is 5.82. The first-order chi connectivity index (χ1) is 8.10. The number of benzene rings is 1. The number of nitrogens with zero attached hydrogens (tertiary/aromatic N) is 1. The van der Waals surface area contributed by atoms with Crippen LogP contribution in [0.25, 0.3) is 0 Å². The second-order valence-electron chi connectivity index (χ2n) is 4.25. The molecule has 0 saturated carbocycles. The summed E-state index contributed by atoms with van der Waals surface area (Å²) >= 11 is 15.1. The van der Waals surface area contributed by atoms with E-state index in [0.29, 0.717) is 23.9 Å². The lowest BCUT2D eigenvalue weighted by molar-refractivity contribution is -0.128. The lowest BCUT2D eigenvalue weighted by atomic mass is 10.1. The van der Waals surface area contributed by atoms with Gasteiger partial charge in [0.05, 0.1) is 5.02 Å². The molecule has 0 N–H and O–H groups in total. The molecule has 1 fully saturated rings. The summed E-state index contributed by atoms with van der Waals surface area (Å²) in [4.78, 5) is 13.6. The van der Waals surface area contributed by atoms with Gasteiger partial charge in [-0.1, -0.05) is 17.7 Å². The molecule has 2 nitrogen and oxygen atoms in total. The molecule has 0 bridgehead atoms. The van der Waals surface area contributed by atoms with Crippen molar-refractivity contribution in [3.05, 3.63) is 33.3 Å². The Kier molecular flexibility index (Phi) is 4.34. The molecule has 92 valence electrons. The van der Waals surface area contributed by atoms with Gasteiger partial charge in [-0.05, 0) is 39.5 Å². The molecule has 1 aliphatic heterocycles. The third-order valence-corrected chi connectivity index (χ3v) is 4.54. The molecule has 1 amide bonds. The van der Waals surface area contributed by atoms with Gasteiger partial charge in [-0.3, -0.25) is 4.79 Å². The minimum absolute atomic E-state index is 0.176. The van der Waals surface area contributed by atoms with Crippen LogP contribution in [-0.4, -0.2) is 23.2 Å². The summed E-state index contributed by atoms with van der Waals surface area (Å²) in [6.07, 6.45) is 0.563. The zero-order valence-corrected chi connectivity index (χ0v) is 12.2. The van der Waals surface area contributed by atoms with E-state index in [1.54, 1.807) is 0 Å². The molecule has 0 radical (unpaired) electrons. The third-order valence-electron chi connectivity index (χ3n) is 2.87. The van der Waals surface area contributed by atoms with Crippen LogP contribution in [0.1, 0.15) is 12.0 Å². The summed E-state index contributed by atoms with van der Waals surface area (Å²) in [6, 6.07) is 5.75. The van der Waals surface area contributed by atoms with Gasteiger partial charge >= 0.3 is 0 Å². The van der Waals surface area contributed by atoms with E-state index in [1.807, 2.05) is 23.1 Å². The Morgan fingerprint density at radius 3 is 2.82 bits per heavy atom. The summed E-state index contributed by atoms with van der Waals surface area (Å²) < 4.78 is 0.870. The van der Waals surface area contributed by atoms with Crippen molar-refractivity contribution in [2.45, 2.75) is 13.0 Å². The summed E-state index contributed by atoms with van der Waals surface area (Å²) in [5, 5.41) is 0.669. The van der Waals surface area contributed by atoms with Crippen LogP contribution in [0.3, 0.4) is 0 Å². The number of alkyl halides is 1. The highest BCUT2D eigenvalue weighted by Gasteiger charge is 2.28. The van der Waals surface area contributed by atoms with Crippen LogP contribution in [-0.2, 0) is 11.3 Å². The molecule has 1 heterocycles. The maximum atomic E-state index is 11.7. The molecular weight excluding hydrogens is 325 g/mol. The van der Waals surface area contributed by atoms with Crippen LogP contribution < -0.4 is 0 Å². The average Bonchev–Trinajstić information content (AvgIpc) is 2.65. The van der Waals surface area contributed by atoms with Crippen molar-refractivity contribution in [3.63, 3.8) is 0 Å². The van der Waals surface area contributed by atoms with E-state index >= 15 is 0 Å². The molecule has 1 aromatic rings. The maximum absolute atomic E-state index is 11.7. The van der Waals surface area contributed by atoms with Crippen LogP contribution in [0.4, 0.5) is 0 Å². The monoisotopic (exact) mass is 335 g/mol. The predicted octanol–water partition coefficient (Wildman–Crippen LogP) is 3.69. The number of hydrogen-bond donors (Lipinski definition) is 0. The molecule has 1 aliphatic rings. The van der Waals surface area contributed by atoms with Crippen molar-refractivity contribution in [1.29, 1.82) is 0 Å². The van der Waals surface area contributed by atoms with Gasteiger partial charge in [0.15, 0.2) is 0 Å². The molecule has 5 heteroatoms. The normalized spacial score (nSPS) is 20.1. The molecule has 17 heavy (non-hydrogen) atoms. The van der Waals surface area contributed by atoms with Crippen molar-refractivity contribution >= 4 is 45.0 Å². The maximum Gasteiger partial charge on any atom is 0.223 e. The Balaban J connectivity index is 2.06. The molecule has 1 saturated heterocycles.